The molecule has 0 aromatic carbocycles. The third-order valence-electron chi connectivity index (χ3n) is 3.52. The quantitative estimate of drug-likeness (QED) is 0.834. The van der Waals surface area contributed by atoms with E-state index in [2.05, 4.69) is 39.7 Å². The van der Waals surface area contributed by atoms with Crippen LogP contribution < -0.4 is 0 Å². The highest BCUT2D eigenvalue weighted by molar-refractivity contribution is 5.95. The van der Waals surface area contributed by atoms with E-state index in [1.807, 2.05) is 9.58 Å². The predicted octanol–water partition coefficient (Wildman–Crippen LogP) is 2.23. The fourth-order valence-corrected chi connectivity index (χ4v) is 2.55. The Labute approximate surface area is 120 Å². The second-order valence-electron chi connectivity index (χ2n) is 6.59. The molecule has 2 heterocycles. The van der Waals surface area contributed by atoms with Crippen molar-refractivity contribution in [3.8, 4) is 0 Å². The first-order chi connectivity index (χ1) is 9.32. The van der Waals surface area contributed by atoms with Crippen molar-refractivity contribution >= 4 is 5.91 Å². The molecule has 20 heavy (non-hydrogen) atoms. The Bertz CT molecular complexity index is 480. The summed E-state index contributed by atoms with van der Waals surface area (Å²) in [7, 11) is 0. The number of rotatable bonds is 2. The fraction of sp³-hybridized carbons (Fsp3) is 0.733. The van der Waals surface area contributed by atoms with Crippen LogP contribution in [-0.2, 0) is 10.3 Å². The number of carbonyl (C=O) groups excluding carboxylic acids is 1. The minimum absolute atomic E-state index is 0.0764. The number of nitrogens with zero attached hydrogens (tertiary/aromatic N) is 3. The minimum atomic E-state index is -0.122. The molecule has 2 rings (SSSR count). The summed E-state index contributed by atoms with van der Waals surface area (Å²) >= 11 is 0. The standard InChI is InChI=1S/C15H25N3O2/c1-11(2)13-12(10-16-18(13)15(3,4)5)14(19)17-6-8-20-9-7-17/h10-11H,6-9H2,1-5H3. The highest BCUT2D eigenvalue weighted by Gasteiger charge is 2.28. The van der Waals surface area contributed by atoms with Gasteiger partial charge in [0.15, 0.2) is 0 Å². The summed E-state index contributed by atoms with van der Waals surface area (Å²) < 4.78 is 7.29. The number of hydrogen-bond acceptors (Lipinski definition) is 3. The summed E-state index contributed by atoms with van der Waals surface area (Å²) in [5, 5.41) is 4.46. The fourth-order valence-electron chi connectivity index (χ4n) is 2.55. The summed E-state index contributed by atoms with van der Waals surface area (Å²) in [5.74, 6) is 0.337. The maximum atomic E-state index is 12.7. The van der Waals surface area contributed by atoms with Crippen molar-refractivity contribution in [3.05, 3.63) is 17.5 Å². The Kier molecular flexibility index (Phi) is 4.18. The minimum Gasteiger partial charge on any atom is -0.378 e. The average Bonchev–Trinajstić information content (AvgIpc) is 2.83. The maximum Gasteiger partial charge on any atom is 0.257 e. The highest BCUT2D eigenvalue weighted by Crippen LogP contribution is 2.26. The lowest BCUT2D eigenvalue weighted by Crippen LogP contribution is -2.41. The molecule has 5 heteroatoms. The Morgan fingerprint density at radius 1 is 1.30 bits per heavy atom. The highest BCUT2D eigenvalue weighted by atomic mass is 16.5. The van der Waals surface area contributed by atoms with Gasteiger partial charge in [-0.15, -0.1) is 0 Å². The average molecular weight is 279 g/mol. The number of aromatic nitrogens is 2. The summed E-state index contributed by atoms with van der Waals surface area (Å²) in [5.41, 5.74) is 1.63. The van der Waals surface area contributed by atoms with Gasteiger partial charge in [0.05, 0.1) is 36.2 Å². The molecular formula is C15H25N3O2. The second-order valence-corrected chi connectivity index (χ2v) is 6.59. The van der Waals surface area contributed by atoms with Crippen LogP contribution in [0.5, 0.6) is 0 Å². The van der Waals surface area contributed by atoms with Crippen molar-refractivity contribution in [2.24, 2.45) is 0 Å². The number of morpholine rings is 1. The second kappa shape index (κ2) is 5.56. The van der Waals surface area contributed by atoms with E-state index in [-0.39, 0.29) is 17.4 Å². The molecule has 1 aromatic rings. The van der Waals surface area contributed by atoms with E-state index in [9.17, 15) is 4.79 Å². The zero-order valence-corrected chi connectivity index (χ0v) is 13.1. The summed E-state index contributed by atoms with van der Waals surface area (Å²) in [4.78, 5) is 14.5. The normalized spacial score (nSPS) is 16.8. The zero-order valence-electron chi connectivity index (χ0n) is 13.1. The molecule has 0 N–H and O–H groups in total. The first kappa shape index (κ1) is 15.0. The lowest BCUT2D eigenvalue weighted by molar-refractivity contribution is 0.0301. The molecule has 1 aromatic heterocycles. The summed E-state index contributed by atoms with van der Waals surface area (Å²) in [6.45, 7) is 13.1. The molecule has 0 radical (unpaired) electrons. The van der Waals surface area contributed by atoms with Gasteiger partial charge in [0.2, 0.25) is 0 Å². The van der Waals surface area contributed by atoms with E-state index in [0.717, 1.165) is 11.3 Å². The van der Waals surface area contributed by atoms with Crippen LogP contribution in [0.15, 0.2) is 6.20 Å². The van der Waals surface area contributed by atoms with Gasteiger partial charge >= 0.3 is 0 Å². The van der Waals surface area contributed by atoms with Crippen LogP contribution in [0.4, 0.5) is 0 Å². The number of amides is 1. The number of hydrogen-bond donors (Lipinski definition) is 0. The van der Waals surface area contributed by atoms with Gasteiger partial charge in [-0.25, -0.2) is 0 Å². The van der Waals surface area contributed by atoms with Crippen molar-refractivity contribution in [2.75, 3.05) is 26.3 Å². The van der Waals surface area contributed by atoms with Crippen molar-refractivity contribution in [1.82, 2.24) is 14.7 Å². The molecule has 1 saturated heterocycles. The Balaban J connectivity index is 2.36. The Morgan fingerprint density at radius 3 is 2.40 bits per heavy atom. The van der Waals surface area contributed by atoms with Gasteiger partial charge < -0.3 is 9.64 Å². The van der Waals surface area contributed by atoms with E-state index >= 15 is 0 Å². The molecule has 0 spiro atoms. The molecule has 112 valence electrons. The van der Waals surface area contributed by atoms with E-state index in [4.69, 9.17) is 4.74 Å². The largest absolute Gasteiger partial charge is 0.378 e. The third kappa shape index (κ3) is 2.87. The van der Waals surface area contributed by atoms with Gasteiger partial charge in [-0.3, -0.25) is 9.48 Å². The predicted molar refractivity (Wildman–Crippen MR) is 78.0 cm³/mol. The smallest absolute Gasteiger partial charge is 0.257 e. The van der Waals surface area contributed by atoms with Crippen molar-refractivity contribution in [1.29, 1.82) is 0 Å². The van der Waals surface area contributed by atoms with Crippen molar-refractivity contribution < 1.29 is 9.53 Å². The first-order valence-corrected chi connectivity index (χ1v) is 7.28. The van der Waals surface area contributed by atoms with Gasteiger partial charge in [-0.1, -0.05) is 13.8 Å². The summed E-state index contributed by atoms with van der Waals surface area (Å²) in [6.07, 6.45) is 1.72. The zero-order chi connectivity index (χ0) is 14.9. The monoisotopic (exact) mass is 279 g/mol. The van der Waals surface area contributed by atoms with Gasteiger partial charge in [-0.05, 0) is 26.7 Å². The van der Waals surface area contributed by atoms with E-state index in [1.54, 1.807) is 6.20 Å². The van der Waals surface area contributed by atoms with Crippen LogP contribution in [0.3, 0.4) is 0 Å². The molecule has 0 saturated carbocycles. The number of carbonyl (C=O) groups is 1. The van der Waals surface area contributed by atoms with E-state index in [0.29, 0.717) is 26.3 Å². The molecule has 0 unspecified atom stereocenters. The van der Waals surface area contributed by atoms with Crippen LogP contribution in [0.25, 0.3) is 0 Å². The molecule has 0 aliphatic carbocycles. The van der Waals surface area contributed by atoms with Crippen LogP contribution in [0.2, 0.25) is 0 Å². The molecule has 0 atom stereocenters. The van der Waals surface area contributed by atoms with E-state index in [1.165, 1.54) is 0 Å². The third-order valence-corrected chi connectivity index (χ3v) is 3.52. The first-order valence-electron chi connectivity index (χ1n) is 7.28. The van der Waals surface area contributed by atoms with Crippen LogP contribution in [0.1, 0.15) is 56.6 Å². The molecule has 1 amide bonds. The molecular weight excluding hydrogens is 254 g/mol. The van der Waals surface area contributed by atoms with Crippen molar-refractivity contribution in [2.45, 2.75) is 46.1 Å². The lowest BCUT2D eigenvalue weighted by Gasteiger charge is -2.28. The number of ether oxygens (including phenoxy) is 1. The van der Waals surface area contributed by atoms with Crippen LogP contribution >= 0.6 is 0 Å². The molecule has 1 fully saturated rings. The molecule has 1 aliphatic rings. The topological polar surface area (TPSA) is 47.4 Å². The Hall–Kier alpha value is -1.36. The Morgan fingerprint density at radius 2 is 1.90 bits per heavy atom. The maximum absolute atomic E-state index is 12.7. The van der Waals surface area contributed by atoms with Gasteiger partial charge in [0.1, 0.15) is 0 Å². The molecule has 1 aliphatic heterocycles. The van der Waals surface area contributed by atoms with Crippen LogP contribution in [-0.4, -0.2) is 46.9 Å². The van der Waals surface area contributed by atoms with Gasteiger partial charge in [0.25, 0.3) is 5.91 Å². The summed E-state index contributed by atoms with van der Waals surface area (Å²) in [6, 6.07) is 0. The molecule has 0 bridgehead atoms. The SMILES string of the molecule is CC(C)c1c(C(=O)N2CCOCC2)cnn1C(C)(C)C. The van der Waals surface area contributed by atoms with Gasteiger partial charge in [0, 0.05) is 13.1 Å². The molecule has 5 nitrogen and oxygen atoms in total. The van der Waals surface area contributed by atoms with Crippen molar-refractivity contribution in [3.63, 3.8) is 0 Å². The van der Waals surface area contributed by atoms with Gasteiger partial charge in [-0.2, -0.15) is 5.10 Å². The van der Waals surface area contributed by atoms with E-state index < -0.39 is 0 Å². The lowest BCUT2D eigenvalue weighted by atomic mass is 10.0. The van der Waals surface area contributed by atoms with Crippen LogP contribution in [0, 0.1) is 0 Å².